The fourth-order valence-electron chi connectivity index (χ4n) is 3.25. The van der Waals surface area contributed by atoms with Crippen molar-refractivity contribution in [1.82, 2.24) is 15.6 Å². The number of carbonyl (C=O) groups excluding carboxylic acids is 1. The molecule has 174 valence electrons. The Balaban J connectivity index is 1.77. The lowest BCUT2D eigenvalue weighted by Gasteiger charge is -2.21. The number of guanidine groups is 1. The molecule has 7 heteroatoms. The van der Waals surface area contributed by atoms with Crippen LogP contribution in [0.5, 0.6) is 5.75 Å². The lowest BCUT2D eigenvalue weighted by Crippen LogP contribution is -2.46. The van der Waals surface area contributed by atoms with Crippen molar-refractivity contribution < 1.29 is 9.53 Å². The summed E-state index contributed by atoms with van der Waals surface area (Å²) in [6, 6.07) is 17.7. The minimum Gasteiger partial charge on any atom is -0.491 e. The van der Waals surface area contributed by atoms with Gasteiger partial charge in [0.25, 0.3) is 0 Å². The summed E-state index contributed by atoms with van der Waals surface area (Å²) in [6.45, 7) is 10.3. The zero-order valence-corrected chi connectivity index (χ0v) is 20.0. The van der Waals surface area contributed by atoms with Gasteiger partial charge >= 0.3 is 0 Å². The second-order valence-electron chi connectivity index (χ2n) is 9.11. The highest BCUT2D eigenvalue weighted by Gasteiger charge is 2.14. The summed E-state index contributed by atoms with van der Waals surface area (Å²) in [5.41, 5.74) is 1.40. The maximum absolute atomic E-state index is 12.3. The van der Waals surface area contributed by atoms with Crippen LogP contribution in [0.25, 0.3) is 10.8 Å². The van der Waals surface area contributed by atoms with Crippen molar-refractivity contribution in [2.24, 2.45) is 4.99 Å². The number of rotatable bonds is 7. The van der Waals surface area contributed by atoms with Gasteiger partial charge in [0.15, 0.2) is 5.96 Å². The highest BCUT2D eigenvalue weighted by molar-refractivity contribution is 5.96. The van der Waals surface area contributed by atoms with E-state index in [4.69, 9.17) is 9.73 Å². The maximum Gasteiger partial charge on any atom is 0.239 e. The molecule has 1 heterocycles. The number of aromatic nitrogens is 1. The Morgan fingerprint density at radius 3 is 2.48 bits per heavy atom. The normalized spacial score (nSPS) is 12.0. The predicted octanol–water partition coefficient (Wildman–Crippen LogP) is 4.49. The molecule has 0 saturated heterocycles. The second-order valence-corrected chi connectivity index (χ2v) is 9.11. The molecule has 7 nitrogen and oxygen atoms in total. The average Bonchev–Trinajstić information content (AvgIpc) is 2.75. The first-order valence-electron chi connectivity index (χ1n) is 11.2. The molecular weight excluding hydrogens is 414 g/mol. The van der Waals surface area contributed by atoms with Crippen LogP contribution in [-0.2, 0) is 11.3 Å². The standard InChI is InChI=1S/C26H33N5O2/c1-18(2)33-21-12-10-20(11-13-21)30-25(29-17-24(32)31-26(3,4)5)28-16-23-22-9-7-6-8-19(22)14-15-27-23/h6-15,18H,16-17H2,1-5H3,(H,31,32)(H2,28,29,30). The third-order valence-electron chi connectivity index (χ3n) is 4.56. The van der Waals surface area contributed by atoms with E-state index in [1.54, 1.807) is 6.20 Å². The Hall–Kier alpha value is -3.61. The second kappa shape index (κ2) is 10.8. The first kappa shape index (κ1) is 24.0. The molecule has 0 aliphatic heterocycles. The number of benzene rings is 2. The van der Waals surface area contributed by atoms with Crippen LogP contribution in [0.2, 0.25) is 0 Å². The largest absolute Gasteiger partial charge is 0.491 e. The van der Waals surface area contributed by atoms with Crippen molar-refractivity contribution in [1.29, 1.82) is 0 Å². The predicted molar refractivity (Wildman–Crippen MR) is 135 cm³/mol. The topological polar surface area (TPSA) is 87.6 Å². The Morgan fingerprint density at radius 1 is 1.06 bits per heavy atom. The highest BCUT2D eigenvalue weighted by Crippen LogP contribution is 2.18. The number of carbonyl (C=O) groups is 1. The van der Waals surface area contributed by atoms with Crippen LogP contribution in [0, 0.1) is 0 Å². The number of fused-ring (bicyclic) bond motifs is 1. The van der Waals surface area contributed by atoms with Gasteiger partial charge in [-0.15, -0.1) is 0 Å². The summed E-state index contributed by atoms with van der Waals surface area (Å²) in [6.07, 6.45) is 1.90. The Morgan fingerprint density at radius 2 is 1.79 bits per heavy atom. The number of aliphatic imine (C=N–C) groups is 1. The monoisotopic (exact) mass is 447 g/mol. The quantitative estimate of drug-likeness (QED) is 0.367. The Labute approximate surface area is 195 Å². The van der Waals surface area contributed by atoms with E-state index in [1.165, 1.54) is 0 Å². The number of nitrogens with zero attached hydrogens (tertiary/aromatic N) is 2. The van der Waals surface area contributed by atoms with E-state index in [0.29, 0.717) is 12.5 Å². The van der Waals surface area contributed by atoms with E-state index in [0.717, 1.165) is 27.9 Å². The Kier molecular flexibility index (Phi) is 7.87. The third-order valence-corrected chi connectivity index (χ3v) is 4.56. The molecule has 0 saturated carbocycles. The lowest BCUT2D eigenvalue weighted by atomic mass is 10.1. The molecule has 0 radical (unpaired) electrons. The number of pyridine rings is 1. The van der Waals surface area contributed by atoms with Gasteiger partial charge in [0, 0.05) is 22.8 Å². The van der Waals surface area contributed by atoms with Crippen molar-refractivity contribution >= 4 is 28.3 Å². The zero-order valence-electron chi connectivity index (χ0n) is 20.0. The highest BCUT2D eigenvalue weighted by atomic mass is 16.5. The van der Waals surface area contributed by atoms with E-state index in [-0.39, 0.29) is 24.1 Å². The van der Waals surface area contributed by atoms with Crippen molar-refractivity contribution in [2.75, 3.05) is 11.9 Å². The lowest BCUT2D eigenvalue weighted by molar-refractivity contribution is -0.121. The summed E-state index contributed by atoms with van der Waals surface area (Å²) in [5, 5.41) is 11.5. The number of ether oxygens (including phenoxy) is 1. The van der Waals surface area contributed by atoms with Crippen molar-refractivity contribution in [3.05, 3.63) is 66.5 Å². The van der Waals surface area contributed by atoms with Crippen LogP contribution in [0.1, 0.15) is 40.3 Å². The molecule has 0 atom stereocenters. The average molecular weight is 448 g/mol. The molecule has 33 heavy (non-hydrogen) atoms. The number of amides is 1. The number of hydrogen-bond donors (Lipinski definition) is 3. The Bertz CT molecular complexity index is 1100. The van der Waals surface area contributed by atoms with Crippen LogP contribution in [0.3, 0.4) is 0 Å². The molecule has 0 unspecified atom stereocenters. The number of anilines is 1. The molecule has 1 aromatic heterocycles. The molecule has 3 N–H and O–H groups in total. The van der Waals surface area contributed by atoms with Gasteiger partial charge in [-0.25, -0.2) is 4.99 Å². The fourth-order valence-corrected chi connectivity index (χ4v) is 3.25. The van der Waals surface area contributed by atoms with Crippen LogP contribution < -0.4 is 20.7 Å². The molecule has 0 aliphatic carbocycles. The fraction of sp³-hybridized carbons (Fsp3) is 0.346. The van der Waals surface area contributed by atoms with E-state index in [1.807, 2.05) is 83.1 Å². The van der Waals surface area contributed by atoms with Gasteiger partial charge < -0.3 is 20.7 Å². The maximum atomic E-state index is 12.3. The van der Waals surface area contributed by atoms with Crippen molar-refractivity contribution in [2.45, 2.75) is 52.8 Å². The molecule has 1 amide bonds. The van der Waals surface area contributed by atoms with Gasteiger partial charge in [0.05, 0.1) is 24.9 Å². The van der Waals surface area contributed by atoms with Crippen LogP contribution in [0.4, 0.5) is 5.69 Å². The molecule has 2 aromatic carbocycles. The molecule has 3 rings (SSSR count). The summed E-state index contributed by atoms with van der Waals surface area (Å²) >= 11 is 0. The van der Waals surface area contributed by atoms with Gasteiger partial charge in [0.2, 0.25) is 5.91 Å². The first-order valence-corrected chi connectivity index (χ1v) is 11.2. The van der Waals surface area contributed by atoms with Crippen LogP contribution in [-0.4, -0.2) is 35.0 Å². The first-order chi connectivity index (χ1) is 15.7. The smallest absolute Gasteiger partial charge is 0.239 e. The zero-order chi connectivity index (χ0) is 23.8. The SMILES string of the molecule is CC(C)Oc1ccc(NC(=NCc2nccc3ccccc23)NCC(=O)NC(C)(C)C)cc1. The molecule has 0 fully saturated rings. The molecule has 3 aromatic rings. The van der Waals surface area contributed by atoms with Gasteiger partial charge in [-0.2, -0.15) is 0 Å². The molecule has 0 bridgehead atoms. The van der Waals surface area contributed by atoms with Crippen molar-refractivity contribution in [3.8, 4) is 5.75 Å². The van der Waals surface area contributed by atoms with Gasteiger partial charge in [0.1, 0.15) is 5.75 Å². The summed E-state index contributed by atoms with van der Waals surface area (Å²) in [5.74, 6) is 1.18. The summed E-state index contributed by atoms with van der Waals surface area (Å²) < 4.78 is 5.71. The summed E-state index contributed by atoms with van der Waals surface area (Å²) in [7, 11) is 0. The van der Waals surface area contributed by atoms with E-state index in [2.05, 4.69) is 27.0 Å². The van der Waals surface area contributed by atoms with E-state index < -0.39 is 0 Å². The molecular formula is C26H33N5O2. The van der Waals surface area contributed by atoms with Crippen molar-refractivity contribution in [3.63, 3.8) is 0 Å². The minimum absolute atomic E-state index is 0.0978. The van der Waals surface area contributed by atoms with E-state index in [9.17, 15) is 4.79 Å². The molecule has 0 spiro atoms. The third kappa shape index (κ3) is 7.79. The van der Waals surface area contributed by atoms with Gasteiger partial charge in [-0.1, -0.05) is 24.3 Å². The summed E-state index contributed by atoms with van der Waals surface area (Å²) in [4.78, 5) is 21.5. The van der Waals surface area contributed by atoms with Crippen LogP contribution in [0.15, 0.2) is 65.8 Å². The van der Waals surface area contributed by atoms with Crippen LogP contribution >= 0.6 is 0 Å². The van der Waals surface area contributed by atoms with Gasteiger partial charge in [-0.3, -0.25) is 9.78 Å². The minimum atomic E-state index is -0.303. The molecule has 0 aliphatic rings. The van der Waals surface area contributed by atoms with Gasteiger partial charge in [-0.05, 0) is 70.3 Å². The van der Waals surface area contributed by atoms with E-state index >= 15 is 0 Å². The number of nitrogens with one attached hydrogen (secondary N) is 3. The number of hydrogen-bond acceptors (Lipinski definition) is 4.